The predicted octanol–water partition coefficient (Wildman–Crippen LogP) is 4.41. The fraction of sp³-hybridized carbons (Fsp3) is 0.211. The zero-order chi connectivity index (χ0) is 14.1. The van der Waals surface area contributed by atoms with Crippen LogP contribution in [0.4, 0.5) is 0 Å². The molecule has 2 atom stereocenters. The first-order chi connectivity index (χ1) is 10.4. The van der Waals surface area contributed by atoms with Crippen LogP contribution in [0.5, 0.6) is 0 Å². The second-order valence-electron chi connectivity index (χ2n) is 5.72. The first-order valence-electron chi connectivity index (χ1n) is 7.55. The normalized spacial score (nSPS) is 24.2. The number of hydrogen-bond acceptors (Lipinski definition) is 1. The lowest BCUT2D eigenvalue weighted by Crippen LogP contribution is -2.19. The second-order valence-corrected chi connectivity index (χ2v) is 5.72. The molecule has 0 fully saturated rings. The molecule has 0 bridgehead atoms. The molecule has 0 saturated carbocycles. The summed E-state index contributed by atoms with van der Waals surface area (Å²) in [5.41, 5.74) is 4.01. The van der Waals surface area contributed by atoms with Gasteiger partial charge in [0.1, 0.15) is 0 Å². The van der Waals surface area contributed by atoms with Crippen molar-refractivity contribution in [3.63, 3.8) is 0 Å². The number of fused-ring (bicyclic) bond motifs is 1. The number of nitrogens with zero attached hydrogens (tertiary/aromatic N) is 2. The lowest BCUT2D eigenvalue weighted by Gasteiger charge is -2.32. The minimum Gasteiger partial charge on any atom is -0.324 e. The van der Waals surface area contributed by atoms with Gasteiger partial charge in [-0.25, -0.2) is 0 Å². The van der Waals surface area contributed by atoms with Crippen LogP contribution in [0.1, 0.15) is 24.3 Å². The maximum absolute atomic E-state index is 4.31. The number of hydrogen-bond donors (Lipinski definition) is 0. The minimum atomic E-state index is 0.418. The van der Waals surface area contributed by atoms with Crippen LogP contribution in [0.15, 0.2) is 78.9 Å². The first kappa shape index (κ1) is 12.4. The largest absolute Gasteiger partial charge is 0.324 e. The molecule has 104 valence electrons. The molecule has 2 aliphatic carbocycles. The molecule has 2 aromatic heterocycles. The van der Waals surface area contributed by atoms with E-state index in [-0.39, 0.29) is 0 Å². The molecule has 0 aromatic carbocycles. The van der Waals surface area contributed by atoms with Gasteiger partial charge in [-0.2, -0.15) is 0 Å². The van der Waals surface area contributed by atoms with E-state index in [1.165, 1.54) is 29.7 Å². The average molecular weight is 274 g/mol. The highest BCUT2D eigenvalue weighted by molar-refractivity contribution is 5.65. The van der Waals surface area contributed by atoms with Crippen LogP contribution in [0.3, 0.4) is 0 Å². The summed E-state index contributed by atoms with van der Waals surface area (Å²) in [6, 6.07) is 8.38. The Balaban J connectivity index is 1.81. The van der Waals surface area contributed by atoms with Gasteiger partial charge in [0.25, 0.3) is 0 Å². The number of rotatable bonds is 2. The highest BCUT2D eigenvalue weighted by Gasteiger charge is 2.29. The zero-order valence-corrected chi connectivity index (χ0v) is 11.9. The molecule has 2 nitrogen and oxygen atoms in total. The van der Waals surface area contributed by atoms with Gasteiger partial charge in [-0.05, 0) is 54.2 Å². The van der Waals surface area contributed by atoms with E-state index in [0.29, 0.717) is 11.8 Å². The number of aromatic nitrogens is 2. The Hall–Kier alpha value is -2.35. The summed E-state index contributed by atoms with van der Waals surface area (Å²) in [7, 11) is 0. The van der Waals surface area contributed by atoms with Gasteiger partial charge < -0.3 is 4.57 Å². The van der Waals surface area contributed by atoms with Crippen molar-refractivity contribution >= 4 is 5.70 Å². The molecule has 0 radical (unpaired) electrons. The Kier molecular flexibility index (Phi) is 3.07. The standard InChI is InChI=1S/C19H18N2/c1-2-8-18-15(6-1)12-17(21-10-3-4-11-21)13-19(18)16-7-5-9-20-14-16/h1,3-7,9-14,18-19H,2,8H2. The Labute approximate surface area is 125 Å². The van der Waals surface area contributed by atoms with Gasteiger partial charge in [-0.1, -0.05) is 24.3 Å². The quantitative estimate of drug-likeness (QED) is 0.793. The topological polar surface area (TPSA) is 17.8 Å². The third kappa shape index (κ3) is 2.27. The van der Waals surface area contributed by atoms with Gasteiger partial charge in [-0.3, -0.25) is 4.98 Å². The molecule has 0 aliphatic heterocycles. The third-order valence-electron chi connectivity index (χ3n) is 4.45. The molecule has 0 N–H and O–H groups in total. The van der Waals surface area contributed by atoms with Crippen LogP contribution in [0.2, 0.25) is 0 Å². The van der Waals surface area contributed by atoms with Crippen LogP contribution in [0, 0.1) is 5.92 Å². The van der Waals surface area contributed by atoms with Gasteiger partial charge in [-0.15, -0.1) is 0 Å². The van der Waals surface area contributed by atoms with Crippen LogP contribution in [0.25, 0.3) is 5.70 Å². The molecular weight excluding hydrogens is 256 g/mol. The SMILES string of the molecule is C1=CC2=CC(n3cccc3)=CC(c3cccnc3)C2CC1. The molecule has 2 unspecified atom stereocenters. The maximum atomic E-state index is 4.31. The molecule has 2 aliphatic rings. The molecule has 0 saturated heterocycles. The lowest BCUT2D eigenvalue weighted by atomic mass is 9.73. The van der Waals surface area contributed by atoms with Crippen LogP contribution in [-0.2, 0) is 0 Å². The Morgan fingerprint density at radius 3 is 2.86 bits per heavy atom. The first-order valence-corrected chi connectivity index (χ1v) is 7.55. The third-order valence-corrected chi connectivity index (χ3v) is 4.45. The Morgan fingerprint density at radius 2 is 2.05 bits per heavy atom. The number of pyridine rings is 1. The van der Waals surface area contributed by atoms with E-state index in [1.54, 1.807) is 0 Å². The predicted molar refractivity (Wildman–Crippen MR) is 85.6 cm³/mol. The molecular formula is C19H18N2. The molecule has 2 heteroatoms. The van der Waals surface area contributed by atoms with E-state index in [4.69, 9.17) is 0 Å². The summed E-state index contributed by atoms with van der Waals surface area (Å²) in [4.78, 5) is 4.31. The summed E-state index contributed by atoms with van der Waals surface area (Å²) in [6.07, 6.45) is 19.8. The van der Waals surface area contributed by atoms with Crippen LogP contribution in [-0.4, -0.2) is 9.55 Å². The second kappa shape index (κ2) is 5.21. The van der Waals surface area contributed by atoms with Crippen molar-refractivity contribution < 1.29 is 0 Å². The van der Waals surface area contributed by atoms with Gasteiger partial charge in [0.2, 0.25) is 0 Å². The summed E-state index contributed by atoms with van der Waals surface area (Å²) in [5, 5.41) is 0. The zero-order valence-electron chi connectivity index (χ0n) is 11.9. The number of allylic oxidation sites excluding steroid dienone is 6. The molecule has 0 spiro atoms. The summed E-state index contributed by atoms with van der Waals surface area (Å²) in [6.45, 7) is 0. The summed E-state index contributed by atoms with van der Waals surface area (Å²) in [5.74, 6) is 1.000. The van der Waals surface area contributed by atoms with Gasteiger partial charge in [0.05, 0.1) is 0 Å². The molecule has 2 heterocycles. The highest BCUT2D eigenvalue weighted by Crippen LogP contribution is 2.42. The molecule has 21 heavy (non-hydrogen) atoms. The van der Waals surface area contributed by atoms with E-state index in [1.807, 2.05) is 18.5 Å². The summed E-state index contributed by atoms with van der Waals surface area (Å²) >= 11 is 0. The Morgan fingerprint density at radius 1 is 1.14 bits per heavy atom. The smallest absolute Gasteiger partial charge is 0.0418 e. The van der Waals surface area contributed by atoms with E-state index >= 15 is 0 Å². The summed E-state index contributed by atoms with van der Waals surface area (Å²) < 4.78 is 2.19. The van der Waals surface area contributed by atoms with Crippen molar-refractivity contribution in [2.24, 2.45) is 5.92 Å². The average Bonchev–Trinajstić information content (AvgIpc) is 3.09. The van der Waals surface area contributed by atoms with Gasteiger partial charge >= 0.3 is 0 Å². The fourth-order valence-corrected chi connectivity index (χ4v) is 3.42. The van der Waals surface area contributed by atoms with Crippen molar-refractivity contribution in [3.05, 3.63) is 84.5 Å². The monoisotopic (exact) mass is 274 g/mol. The molecule has 2 aromatic rings. The van der Waals surface area contributed by atoms with Crippen molar-refractivity contribution in [1.82, 2.24) is 9.55 Å². The van der Waals surface area contributed by atoms with E-state index in [9.17, 15) is 0 Å². The van der Waals surface area contributed by atoms with Gasteiger partial charge in [0.15, 0.2) is 0 Å². The molecule has 4 rings (SSSR count). The van der Waals surface area contributed by atoms with E-state index < -0.39 is 0 Å². The Bertz CT molecular complexity index is 705. The van der Waals surface area contributed by atoms with Crippen molar-refractivity contribution in [2.75, 3.05) is 0 Å². The van der Waals surface area contributed by atoms with Crippen molar-refractivity contribution in [2.45, 2.75) is 18.8 Å². The fourth-order valence-electron chi connectivity index (χ4n) is 3.42. The van der Waals surface area contributed by atoms with Gasteiger partial charge in [0, 0.05) is 36.4 Å². The minimum absolute atomic E-state index is 0.418. The van der Waals surface area contributed by atoms with E-state index in [0.717, 1.165) is 0 Å². The highest BCUT2D eigenvalue weighted by atomic mass is 14.9. The lowest BCUT2D eigenvalue weighted by molar-refractivity contribution is 0.505. The molecule has 0 amide bonds. The maximum Gasteiger partial charge on any atom is 0.0418 e. The van der Waals surface area contributed by atoms with Crippen molar-refractivity contribution in [3.8, 4) is 0 Å². The van der Waals surface area contributed by atoms with Crippen LogP contribution >= 0.6 is 0 Å². The van der Waals surface area contributed by atoms with Crippen molar-refractivity contribution in [1.29, 1.82) is 0 Å². The van der Waals surface area contributed by atoms with E-state index in [2.05, 4.69) is 64.4 Å². The van der Waals surface area contributed by atoms with Crippen LogP contribution < -0.4 is 0 Å².